The number of rotatable bonds is 3. The molecule has 0 fully saturated rings. The quantitative estimate of drug-likeness (QED) is 0.857. The van der Waals surface area contributed by atoms with Gasteiger partial charge >= 0.3 is 0 Å². The summed E-state index contributed by atoms with van der Waals surface area (Å²) in [5.41, 5.74) is 7.92. The van der Waals surface area contributed by atoms with E-state index in [2.05, 4.69) is 28.4 Å². The van der Waals surface area contributed by atoms with E-state index in [0.717, 1.165) is 29.8 Å². The van der Waals surface area contributed by atoms with Gasteiger partial charge in [-0.25, -0.2) is 4.98 Å². The highest BCUT2D eigenvalue weighted by Crippen LogP contribution is 2.24. The van der Waals surface area contributed by atoms with E-state index in [0.29, 0.717) is 0 Å². The Morgan fingerprint density at radius 1 is 1.44 bits per heavy atom. The van der Waals surface area contributed by atoms with Crippen molar-refractivity contribution in [1.29, 1.82) is 0 Å². The zero-order chi connectivity index (χ0) is 11.8. The summed E-state index contributed by atoms with van der Waals surface area (Å²) in [5, 5.41) is 0. The predicted octanol–water partition coefficient (Wildman–Crippen LogP) is 2.04. The first-order chi connectivity index (χ1) is 7.60. The van der Waals surface area contributed by atoms with Crippen molar-refractivity contribution in [2.75, 3.05) is 0 Å². The number of aryl methyl sites for hydroxylation is 1. The lowest BCUT2D eigenvalue weighted by Crippen LogP contribution is -2.35. The number of hydrogen-bond acceptors (Lipinski definition) is 3. The van der Waals surface area contributed by atoms with Gasteiger partial charge < -0.3 is 10.3 Å². The summed E-state index contributed by atoms with van der Waals surface area (Å²) in [5.74, 6) is 0.945. The van der Waals surface area contributed by atoms with Crippen LogP contribution >= 0.6 is 0 Å². The lowest BCUT2D eigenvalue weighted by atomic mass is 9.99. The Morgan fingerprint density at radius 3 is 2.81 bits per heavy atom. The Kier molecular flexibility index (Phi) is 2.68. The van der Waals surface area contributed by atoms with Gasteiger partial charge in [-0.3, -0.25) is 4.98 Å². The molecule has 16 heavy (non-hydrogen) atoms. The summed E-state index contributed by atoms with van der Waals surface area (Å²) in [4.78, 5) is 8.69. The number of nitrogens with two attached hydrogens (primary N) is 1. The maximum Gasteiger partial charge on any atom is 0.129 e. The highest BCUT2D eigenvalue weighted by atomic mass is 15.1. The van der Waals surface area contributed by atoms with Crippen molar-refractivity contribution >= 4 is 11.0 Å². The number of aromatic nitrogens is 3. The van der Waals surface area contributed by atoms with Crippen molar-refractivity contribution in [3.8, 4) is 0 Å². The average molecular weight is 218 g/mol. The molecule has 0 radical (unpaired) electrons. The second-order valence-electron chi connectivity index (χ2n) is 4.32. The largest absolute Gasteiger partial charge is 0.327 e. The van der Waals surface area contributed by atoms with Crippen LogP contribution in [0.1, 0.15) is 33.0 Å². The van der Waals surface area contributed by atoms with Crippen LogP contribution in [-0.4, -0.2) is 14.5 Å². The Bertz CT molecular complexity index is 499. The second-order valence-corrected chi connectivity index (χ2v) is 4.32. The minimum Gasteiger partial charge on any atom is -0.327 e. The lowest BCUT2D eigenvalue weighted by Gasteiger charge is -2.23. The van der Waals surface area contributed by atoms with E-state index >= 15 is 0 Å². The SMILES string of the molecule is CCn1c(C(C)(N)CC)nc2cnccc21. The molecule has 0 aliphatic heterocycles. The van der Waals surface area contributed by atoms with Crippen LogP contribution in [0.2, 0.25) is 0 Å². The molecule has 0 saturated heterocycles. The van der Waals surface area contributed by atoms with Crippen molar-refractivity contribution < 1.29 is 0 Å². The summed E-state index contributed by atoms with van der Waals surface area (Å²) >= 11 is 0. The van der Waals surface area contributed by atoms with Crippen molar-refractivity contribution in [3.63, 3.8) is 0 Å². The molecule has 1 atom stereocenters. The standard InChI is InChI=1S/C12H18N4/c1-4-12(3,13)11-15-9-8-14-7-6-10(9)16(11)5-2/h6-8H,4-5,13H2,1-3H3. The number of hydrogen-bond donors (Lipinski definition) is 1. The Labute approximate surface area is 95.5 Å². The van der Waals surface area contributed by atoms with Gasteiger partial charge in [-0.15, -0.1) is 0 Å². The van der Waals surface area contributed by atoms with Gasteiger partial charge in [0.25, 0.3) is 0 Å². The minimum absolute atomic E-state index is 0.380. The summed E-state index contributed by atoms with van der Waals surface area (Å²) in [7, 11) is 0. The van der Waals surface area contributed by atoms with Gasteiger partial charge in [-0.2, -0.15) is 0 Å². The first kappa shape index (κ1) is 11.1. The molecule has 2 aromatic rings. The third-order valence-corrected chi connectivity index (χ3v) is 3.11. The third kappa shape index (κ3) is 1.59. The van der Waals surface area contributed by atoms with E-state index in [4.69, 9.17) is 5.73 Å². The molecule has 4 nitrogen and oxygen atoms in total. The number of imidazole rings is 1. The predicted molar refractivity (Wildman–Crippen MR) is 65.0 cm³/mol. The van der Waals surface area contributed by atoms with Crippen LogP contribution in [0.4, 0.5) is 0 Å². The van der Waals surface area contributed by atoms with Crippen molar-refractivity contribution in [2.24, 2.45) is 5.73 Å². The molecule has 2 rings (SSSR count). The van der Waals surface area contributed by atoms with E-state index in [1.165, 1.54) is 0 Å². The molecule has 0 aliphatic carbocycles. The van der Waals surface area contributed by atoms with Crippen LogP contribution in [0.15, 0.2) is 18.5 Å². The molecule has 0 aliphatic rings. The van der Waals surface area contributed by atoms with E-state index in [9.17, 15) is 0 Å². The average Bonchev–Trinajstić information content (AvgIpc) is 2.68. The Morgan fingerprint density at radius 2 is 2.19 bits per heavy atom. The minimum atomic E-state index is -0.380. The van der Waals surface area contributed by atoms with Gasteiger partial charge in [0, 0.05) is 12.7 Å². The van der Waals surface area contributed by atoms with Crippen LogP contribution in [0.5, 0.6) is 0 Å². The zero-order valence-electron chi connectivity index (χ0n) is 10.1. The van der Waals surface area contributed by atoms with Crippen LogP contribution in [0, 0.1) is 0 Å². The summed E-state index contributed by atoms with van der Waals surface area (Å²) in [6.07, 6.45) is 4.44. The zero-order valence-corrected chi connectivity index (χ0v) is 10.1. The molecule has 2 N–H and O–H groups in total. The van der Waals surface area contributed by atoms with E-state index < -0.39 is 0 Å². The Balaban J connectivity index is 2.70. The van der Waals surface area contributed by atoms with Gasteiger partial charge in [0.1, 0.15) is 11.3 Å². The first-order valence-electron chi connectivity index (χ1n) is 5.69. The molecule has 0 aromatic carbocycles. The molecular formula is C12H18N4. The molecule has 0 spiro atoms. The lowest BCUT2D eigenvalue weighted by molar-refractivity contribution is 0.426. The summed E-state index contributed by atoms with van der Waals surface area (Å²) in [6, 6.07) is 1.99. The van der Waals surface area contributed by atoms with Crippen molar-refractivity contribution in [2.45, 2.75) is 39.3 Å². The fourth-order valence-electron chi connectivity index (χ4n) is 1.90. The van der Waals surface area contributed by atoms with E-state index in [1.54, 1.807) is 12.4 Å². The fraction of sp³-hybridized carbons (Fsp3) is 0.500. The highest BCUT2D eigenvalue weighted by Gasteiger charge is 2.25. The van der Waals surface area contributed by atoms with Gasteiger partial charge in [0.05, 0.1) is 17.3 Å². The second kappa shape index (κ2) is 3.87. The first-order valence-corrected chi connectivity index (χ1v) is 5.69. The highest BCUT2D eigenvalue weighted by molar-refractivity contribution is 5.74. The molecule has 86 valence electrons. The van der Waals surface area contributed by atoms with E-state index in [-0.39, 0.29) is 5.54 Å². The van der Waals surface area contributed by atoms with Crippen LogP contribution < -0.4 is 5.73 Å². The maximum atomic E-state index is 6.27. The molecule has 2 aromatic heterocycles. The van der Waals surface area contributed by atoms with Gasteiger partial charge in [0.2, 0.25) is 0 Å². The summed E-state index contributed by atoms with van der Waals surface area (Å²) < 4.78 is 2.17. The smallest absolute Gasteiger partial charge is 0.129 e. The normalized spacial score (nSPS) is 15.2. The molecular weight excluding hydrogens is 200 g/mol. The third-order valence-electron chi connectivity index (χ3n) is 3.11. The van der Waals surface area contributed by atoms with Gasteiger partial charge in [-0.05, 0) is 26.3 Å². The van der Waals surface area contributed by atoms with Crippen molar-refractivity contribution in [3.05, 3.63) is 24.3 Å². The van der Waals surface area contributed by atoms with Crippen LogP contribution in [0.3, 0.4) is 0 Å². The number of pyridine rings is 1. The van der Waals surface area contributed by atoms with Crippen molar-refractivity contribution in [1.82, 2.24) is 14.5 Å². The van der Waals surface area contributed by atoms with E-state index in [1.807, 2.05) is 13.0 Å². The van der Waals surface area contributed by atoms with Crippen LogP contribution in [-0.2, 0) is 12.1 Å². The molecule has 0 amide bonds. The molecule has 0 bridgehead atoms. The van der Waals surface area contributed by atoms with Gasteiger partial charge in [-0.1, -0.05) is 6.92 Å². The topological polar surface area (TPSA) is 56.7 Å². The Hall–Kier alpha value is -1.42. The number of nitrogens with zero attached hydrogens (tertiary/aromatic N) is 3. The molecule has 1 unspecified atom stereocenters. The number of fused-ring (bicyclic) bond motifs is 1. The molecule has 4 heteroatoms. The maximum absolute atomic E-state index is 6.27. The molecule has 2 heterocycles. The van der Waals surface area contributed by atoms with Crippen LogP contribution in [0.25, 0.3) is 11.0 Å². The monoisotopic (exact) mass is 218 g/mol. The van der Waals surface area contributed by atoms with Gasteiger partial charge in [0.15, 0.2) is 0 Å². The fourth-order valence-corrected chi connectivity index (χ4v) is 1.90. The summed E-state index contributed by atoms with van der Waals surface area (Å²) in [6.45, 7) is 7.09. The molecule has 0 saturated carbocycles.